The molecule has 0 saturated carbocycles. The van der Waals surface area contributed by atoms with Gasteiger partial charge in [0.1, 0.15) is 17.3 Å². The van der Waals surface area contributed by atoms with E-state index >= 15 is 0 Å². The lowest BCUT2D eigenvalue weighted by molar-refractivity contribution is -0.132. The maximum atomic E-state index is 14.2. The average Bonchev–Trinajstić information content (AvgIpc) is 3.49. The summed E-state index contributed by atoms with van der Waals surface area (Å²) in [5.41, 5.74) is 8.90. The van der Waals surface area contributed by atoms with Gasteiger partial charge in [0.05, 0.1) is 12.0 Å². The van der Waals surface area contributed by atoms with Crippen LogP contribution in [-0.4, -0.2) is 30.3 Å². The lowest BCUT2D eigenvalue weighted by atomic mass is 9.89. The fraction of sp³-hybridized carbons (Fsp3) is 0.250. The van der Waals surface area contributed by atoms with Gasteiger partial charge in [0.15, 0.2) is 0 Å². The minimum atomic E-state index is -0.985. The Morgan fingerprint density at radius 1 is 1.00 bits per heavy atom. The average molecular weight is 643 g/mol. The number of nitrogens with two attached hydrogens (primary N) is 1. The molecule has 0 radical (unpaired) electrons. The SMILES string of the molecule is CCC(NCc1ccccc1F)C(=O)NC(=O)C(c1ccc(N2CCCC2=O)cc1)c1ccc(Cl)cc1Oc1cccc(CN)c1. The van der Waals surface area contributed by atoms with Crippen molar-refractivity contribution in [1.82, 2.24) is 10.6 Å². The van der Waals surface area contributed by atoms with E-state index < -0.39 is 23.8 Å². The van der Waals surface area contributed by atoms with Crippen LogP contribution in [0.4, 0.5) is 10.1 Å². The molecule has 1 fully saturated rings. The van der Waals surface area contributed by atoms with Crippen molar-refractivity contribution in [2.45, 2.75) is 51.2 Å². The summed E-state index contributed by atoms with van der Waals surface area (Å²) in [7, 11) is 0. The summed E-state index contributed by atoms with van der Waals surface area (Å²) in [6.07, 6.45) is 1.65. The van der Waals surface area contributed by atoms with Crippen molar-refractivity contribution in [2.75, 3.05) is 11.4 Å². The highest BCUT2D eigenvalue weighted by Gasteiger charge is 2.30. The molecule has 4 aromatic carbocycles. The van der Waals surface area contributed by atoms with E-state index in [0.29, 0.717) is 59.1 Å². The summed E-state index contributed by atoms with van der Waals surface area (Å²) >= 11 is 6.39. The van der Waals surface area contributed by atoms with E-state index in [0.717, 1.165) is 17.7 Å². The minimum Gasteiger partial charge on any atom is -0.457 e. The maximum absolute atomic E-state index is 14.2. The molecular formula is C36H36ClFN4O4. The van der Waals surface area contributed by atoms with Crippen LogP contribution in [0.15, 0.2) is 91.0 Å². The van der Waals surface area contributed by atoms with Crippen LogP contribution in [0, 0.1) is 5.82 Å². The Hall–Kier alpha value is -4.57. The Labute approximate surface area is 272 Å². The second-order valence-electron chi connectivity index (χ2n) is 11.1. The number of benzene rings is 4. The molecule has 4 N–H and O–H groups in total. The van der Waals surface area contributed by atoms with Crippen molar-refractivity contribution in [3.05, 3.63) is 124 Å². The summed E-state index contributed by atoms with van der Waals surface area (Å²) < 4.78 is 20.5. The van der Waals surface area contributed by atoms with Gasteiger partial charge in [0, 0.05) is 47.9 Å². The van der Waals surface area contributed by atoms with Crippen LogP contribution < -0.4 is 26.0 Å². The molecule has 0 spiro atoms. The van der Waals surface area contributed by atoms with Crippen LogP contribution in [0.2, 0.25) is 5.02 Å². The molecule has 1 aliphatic rings. The highest BCUT2D eigenvalue weighted by molar-refractivity contribution is 6.30. The predicted molar refractivity (Wildman–Crippen MR) is 176 cm³/mol. The molecule has 1 heterocycles. The first-order valence-corrected chi connectivity index (χ1v) is 15.6. The lowest BCUT2D eigenvalue weighted by Crippen LogP contribution is -2.47. The Morgan fingerprint density at radius 2 is 1.78 bits per heavy atom. The predicted octanol–water partition coefficient (Wildman–Crippen LogP) is 6.20. The number of hydrogen-bond acceptors (Lipinski definition) is 6. The molecule has 46 heavy (non-hydrogen) atoms. The molecule has 238 valence electrons. The van der Waals surface area contributed by atoms with Crippen LogP contribution in [-0.2, 0) is 27.5 Å². The van der Waals surface area contributed by atoms with E-state index in [9.17, 15) is 18.8 Å². The largest absolute Gasteiger partial charge is 0.457 e. The van der Waals surface area contributed by atoms with Crippen LogP contribution in [0.3, 0.4) is 0 Å². The number of imide groups is 1. The zero-order valence-corrected chi connectivity index (χ0v) is 26.2. The molecule has 2 unspecified atom stereocenters. The first-order chi connectivity index (χ1) is 22.3. The van der Waals surface area contributed by atoms with Crippen molar-refractivity contribution >= 4 is 35.0 Å². The van der Waals surface area contributed by atoms with Gasteiger partial charge >= 0.3 is 0 Å². The standard InChI is InChI=1S/C36H36ClFN4O4/c1-2-31(40-22-25-8-3-4-10-30(25)38)35(44)41-36(45)34(24-12-15-27(16-13-24)42-18-6-11-33(42)43)29-17-14-26(37)20-32(29)46-28-9-5-7-23(19-28)21-39/h3-5,7-10,12-17,19-20,31,34,40H,2,6,11,18,21-22,39H2,1H3,(H,41,44,45). The molecule has 1 aliphatic heterocycles. The number of nitrogens with zero attached hydrogens (tertiary/aromatic N) is 1. The molecular weight excluding hydrogens is 607 g/mol. The number of carbonyl (C=O) groups excluding carboxylic acids is 3. The Balaban J connectivity index is 1.46. The molecule has 10 heteroatoms. The van der Waals surface area contributed by atoms with Crippen LogP contribution in [0.5, 0.6) is 11.5 Å². The Morgan fingerprint density at radius 3 is 2.48 bits per heavy atom. The zero-order valence-electron chi connectivity index (χ0n) is 25.5. The van der Waals surface area contributed by atoms with Gasteiger partial charge in [0.2, 0.25) is 17.7 Å². The Bertz CT molecular complexity index is 1710. The van der Waals surface area contributed by atoms with Crippen LogP contribution >= 0.6 is 11.6 Å². The van der Waals surface area contributed by atoms with Gasteiger partial charge in [-0.05, 0) is 66.4 Å². The number of carbonyl (C=O) groups is 3. The highest BCUT2D eigenvalue weighted by Crippen LogP contribution is 2.38. The molecule has 5 rings (SSSR count). The molecule has 3 amide bonds. The summed E-state index contributed by atoms with van der Waals surface area (Å²) in [5, 5.41) is 6.04. The lowest BCUT2D eigenvalue weighted by Gasteiger charge is -2.23. The zero-order chi connectivity index (χ0) is 32.6. The maximum Gasteiger partial charge on any atom is 0.243 e. The number of rotatable bonds is 12. The highest BCUT2D eigenvalue weighted by atomic mass is 35.5. The van der Waals surface area contributed by atoms with Gasteiger partial charge in [-0.3, -0.25) is 19.7 Å². The first kappa shape index (κ1) is 32.8. The van der Waals surface area contributed by atoms with Gasteiger partial charge in [-0.25, -0.2) is 4.39 Å². The first-order valence-electron chi connectivity index (χ1n) is 15.3. The molecule has 0 aromatic heterocycles. The summed E-state index contributed by atoms with van der Waals surface area (Å²) in [5.74, 6) is -1.60. The number of ether oxygens (including phenoxy) is 1. The van der Waals surface area contributed by atoms with Gasteiger partial charge < -0.3 is 20.7 Å². The van der Waals surface area contributed by atoms with E-state index in [1.54, 1.807) is 84.6 Å². The molecule has 2 atom stereocenters. The monoisotopic (exact) mass is 642 g/mol. The van der Waals surface area contributed by atoms with Gasteiger partial charge in [-0.15, -0.1) is 0 Å². The van der Waals surface area contributed by atoms with Crippen molar-refractivity contribution in [3.8, 4) is 11.5 Å². The van der Waals surface area contributed by atoms with E-state index in [-0.39, 0.29) is 18.3 Å². The third-order valence-electron chi connectivity index (χ3n) is 7.99. The van der Waals surface area contributed by atoms with Crippen LogP contribution in [0.25, 0.3) is 0 Å². The second kappa shape index (κ2) is 15.1. The summed E-state index contributed by atoms with van der Waals surface area (Å²) in [6, 6.07) is 25.0. The minimum absolute atomic E-state index is 0.0502. The number of amides is 3. The normalized spacial score (nSPS) is 14.2. The molecule has 8 nitrogen and oxygen atoms in total. The number of halogens is 2. The molecule has 0 aliphatic carbocycles. The quantitative estimate of drug-likeness (QED) is 0.170. The number of nitrogens with one attached hydrogen (secondary N) is 2. The van der Waals surface area contributed by atoms with Gasteiger partial charge in [0.25, 0.3) is 0 Å². The fourth-order valence-corrected chi connectivity index (χ4v) is 5.68. The fourth-order valence-electron chi connectivity index (χ4n) is 5.52. The molecule has 4 aromatic rings. The topological polar surface area (TPSA) is 114 Å². The van der Waals surface area contributed by atoms with Crippen molar-refractivity contribution in [3.63, 3.8) is 0 Å². The van der Waals surface area contributed by atoms with Gasteiger partial charge in [-0.1, -0.05) is 67.1 Å². The van der Waals surface area contributed by atoms with E-state index in [2.05, 4.69) is 10.6 Å². The third-order valence-corrected chi connectivity index (χ3v) is 8.23. The van der Waals surface area contributed by atoms with Crippen molar-refractivity contribution < 1.29 is 23.5 Å². The molecule has 0 bridgehead atoms. The van der Waals surface area contributed by atoms with E-state index in [1.165, 1.54) is 6.07 Å². The third kappa shape index (κ3) is 7.80. The number of anilines is 1. The van der Waals surface area contributed by atoms with Crippen LogP contribution in [0.1, 0.15) is 54.4 Å². The van der Waals surface area contributed by atoms with Crippen molar-refractivity contribution in [1.29, 1.82) is 0 Å². The van der Waals surface area contributed by atoms with Crippen molar-refractivity contribution in [2.24, 2.45) is 5.73 Å². The number of hydrogen-bond donors (Lipinski definition) is 3. The summed E-state index contributed by atoms with van der Waals surface area (Å²) in [4.78, 5) is 41.6. The van der Waals surface area contributed by atoms with E-state index in [1.807, 2.05) is 12.1 Å². The summed E-state index contributed by atoms with van der Waals surface area (Å²) in [6.45, 7) is 2.87. The van der Waals surface area contributed by atoms with Gasteiger partial charge in [-0.2, -0.15) is 0 Å². The smallest absolute Gasteiger partial charge is 0.243 e. The Kier molecular flexibility index (Phi) is 10.8. The molecule has 1 saturated heterocycles. The van der Waals surface area contributed by atoms with E-state index in [4.69, 9.17) is 22.1 Å². The second-order valence-corrected chi connectivity index (χ2v) is 11.5.